The number of carbonyl (C=O) groups is 1. The van der Waals surface area contributed by atoms with Gasteiger partial charge in [0.1, 0.15) is 5.60 Å². The zero-order valence-corrected chi connectivity index (χ0v) is 14.6. The monoisotopic (exact) mass is 324 g/mol. The van der Waals surface area contributed by atoms with Gasteiger partial charge in [0.2, 0.25) is 5.89 Å². The van der Waals surface area contributed by atoms with E-state index in [-0.39, 0.29) is 6.04 Å². The zero-order valence-electron chi connectivity index (χ0n) is 14.6. The minimum Gasteiger partial charge on any atom is -0.444 e. The number of amides is 1. The number of hydrogen-bond acceptors (Lipinski definition) is 6. The van der Waals surface area contributed by atoms with E-state index in [0.29, 0.717) is 24.7 Å². The smallest absolute Gasteiger partial charge is 0.407 e. The molecule has 1 N–H and O–H groups in total. The average Bonchev–Trinajstić information content (AvgIpc) is 2.91. The Morgan fingerprint density at radius 3 is 2.91 bits per heavy atom. The molecule has 7 nitrogen and oxygen atoms in total. The van der Waals surface area contributed by atoms with Crippen molar-refractivity contribution in [3.05, 3.63) is 11.7 Å². The number of ether oxygens (including phenoxy) is 1. The molecule has 1 fully saturated rings. The first-order valence-corrected chi connectivity index (χ1v) is 8.35. The molecule has 0 saturated carbocycles. The molecule has 0 radical (unpaired) electrons. The second-order valence-electron chi connectivity index (χ2n) is 7.07. The lowest BCUT2D eigenvalue weighted by molar-refractivity contribution is 0.0527. The molecule has 1 saturated heterocycles. The van der Waals surface area contributed by atoms with Crippen LogP contribution >= 0.6 is 0 Å². The van der Waals surface area contributed by atoms with Gasteiger partial charge in [-0.05, 0) is 53.6 Å². The van der Waals surface area contributed by atoms with Crippen molar-refractivity contribution in [2.24, 2.45) is 0 Å². The van der Waals surface area contributed by atoms with E-state index >= 15 is 0 Å². The maximum absolute atomic E-state index is 11.5. The Morgan fingerprint density at radius 2 is 2.22 bits per heavy atom. The van der Waals surface area contributed by atoms with Crippen molar-refractivity contribution in [3.8, 4) is 0 Å². The van der Waals surface area contributed by atoms with Gasteiger partial charge in [0, 0.05) is 13.0 Å². The number of carbonyl (C=O) groups excluding carboxylic acids is 1. The summed E-state index contributed by atoms with van der Waals surface area (Å²) in [7, 11) is 2.10. The number of aryl methyl sites for hydroxylation is 1. The fourth-order valence-corrected chi connectivity index (χ4v) is 2.64. The summed E-state index contributed by atoms with van der Waals surface area (Å²) in [6.45, 7) is 7.13. The summed E-state index contributed by atoms with van der Waals surface area (Å²) in [6, 6.07) is 0.241. The van der Waals surface area contributed by atoms with Crippen LogP contribution in [0.1, 0.15) is 64.2 Å². The molecule has 1 aliphatic rings. The van der Waals surface area contributed by atoms with E-state index in [1.165, 1.54) is 12.8 Å². The highest BCUT2D eigenvalue weighted by Gasteiger charge is 2.25. The van der Waals surface area contributed by atoms with Gasteiger partial charge in [-0.25, -0.2) is 4.79 Å². The number of aromatic nitrogens is 2. The summed E-state index contributed by atoms with van der Waals surface area (Å²) in [5.41, 5.74) is -0.474. The molecule has 7 heteroatoms. The van der Waals surface area contributed by atoms with E-state index in [1.54, 1.807) is 0 Å². The topological polar surface area (TPSA) is 80.5 Å². The van der Waals surface area contributed by atoms with Crippen molar-refractivity contribution in [2.45, 2.75) is 64.5 Å². The van der Waals surface area contributed by atoms with Gasteiger partial charge >= 0.3 is 6.09 Å². The molecule has 130 valence electrons. The predicted octanol–water partition coefficient (Wildman–Crippen LogP) is 2.68. The number of alkyl carbamates (subject to hydrolysis) is 1. The normalized spacial score (nSPS) is 19.6. The van der Waals surface area contributed by atoms with E-state index < -0.39 is 11.7 Å². The molecule has 1 aromatic heterocycles. The van der Waals surface area contributed by atoms with Crippen LogP contribution in [0.3, 0.4) is 0 Å². The molecule has 1 aliphatic heterocycles. The molecule has 2 heterocycles. The summed E-state index contributed by atoms with van der Waals surface area (Å²) < 4.78 is 10.6. The minimum absolute atomic E-state index is 0.241. The van der Waals surface area contributed by atoms with Crippen molar-refractivity contribution in [1.29, 1.82) is 0 Å². The molecule has 0 aliphatic carbocycles. The van der Waals surface area contributed by atoms with Crippen LogP contribution < -0.4 is 5.32 Å². The van der Waals surface area contributed by atoms with Gasteiger partial charge in [0.15, 0.2) is 5.82 Å². The Kier molecular flexibility index (Phi) is 5.98. The van der Waals surface area contributed by atoms with Gasteiger partial charge in [0.25, 0.3) is 0 Å². The lowest BCUT2D eigenvalue weighted by atomic mass is 10.0. The average molecular weight is 324 g/mol. The number of likely N-dealkylation sites (tertiary alicyclic amines) is 1. The van der Waals surface area contributed by atoms with Crippen LogP contribution in [-0.4, -0.2) is 46.9 Å². The van der Waals surface area contributed by atoms with Crippen LogP contribution in [0.2, 0.25) is 0 Å². The summed E-state index contributed by atoms with van der Waals surface area (Å²) in [5.74, 6) is 1.41. The van der Waals surface area contributed by atoms with Crippen LogP contribution in [0.15, 0.2) is 4.52 Å². The van der Waals surface area contributed by atoms with Crippen molar-refractivity contribution in [2.75, 3.05) is 20.1 Å². The number of nitrogens with zero attached hydrogens (tertiary/aromatic N) is 3. The van der Waals surface area contributed by atoms with Crippen LogP contribution in [0.25, 0.3) is 0 Å². The first-order chi connectivity index (χ1) is 10.8. The summed E-state index contributed by atoms with van der Waals surface area (Å²) in [4.78, 5) is 18.3. The SMILES string of the molecule is CN1CCCC[C@H]1c1nc(CCCNC(=O)OC(C)(C)C)no1. The third-order valence-electron chi connectivity index (χ3n) is 3.78. The lowest BCUT2D eigenvalue weighted by Gasteiger charge is -2.29. The Bertz CT molecular complexity index is 510. The quantitative estimate of drug-likeness (QED) is 0.839. The second kappa shape index (κ2) is 7.77. The van der Waals surface area contributed by atoms with E-state index in [1.807, 2.05) is 20.8 Å². The van der Waals surface area contributed by atoms with E-state index in [9.17, 15) is 4.79 Å². The Balaban J connectivity index is 1.72. The van der Waals surface area contributed by atoms with Crippen LogP contribution in [0.4, 0.5) is 4.79 Å². The molecule has 0 bridgehead atoms. The molecule has 0 spiro atoms. The Labute approximate surface area is 137 Å². The second-order valence-corrected chi connectivity index (χ2v) is 7.07. The Morgan fingerprint density at radius 1 is 1.43 bits per heavy atom. The molecule has 0 aromatic carbocycles. The summed E-state index contributed by atoms with van der Waals surface area (Å²) in [5, 5.41) is 6.78. The molecule has 0 unspecified atom stereocenters. The van der Waals surface area contributed by atoms with Crippen LogP contribution in [0, 0.1) is 0 Å². The molecule has 1 amide bonds. The third-order valence-corrected chi connectivity index (χ3v) is 3.78. The minimum atomic E-state index is -0.474. The summed E-state index contributed by atoms with van der Waals surface area (Å²) in [6.07, 6.45) is 4.53. The van der Waals surface area contributed by atoms with Gasteiger partial charge in [-0.3, -0.25) is 4.90 Å². The highest BCUT2D eigenvalue weighted by atomic mass is 16.6. The first kappa shape index (κ1) is 17.7. The maximum atomic E-state index is 11.5. The zero-order chi connectivity index (χ0) is 16.9. The van der Waals surface area contributed by atoms with Gasteiger partial charge < -0.3 is 14.6 Å². The van der Waals surface area contributed by atoms with Gasteiger partial charge in [0.05, 0.1) is 6.04 Å². The number of rotatable bonds is 5. The standard InChI is InChI=1S/C16H28N4O3/c1-16(2,3)22-15(21)17-10-7-9-13-18-14(23-19-13)12-8-5-6-11-20(12)4/h12H,5-11H2,1-4H3,(H,17,21)/t12-/m0/s1. The Hall–Kier alpha value is -1.63. The number of piperidine rings is 1. The molecule has 1 aromatic rings. The van der Waals surface area contributed by atoms with Gasteiger partial charge in [-0.1, -0.05) is 11.6 Å². The first-order valence-electron chi connectivity index (χ1n) is 8.35. The highest BCUT2D eigenvalue weighted by molar-refractivity contribution is 5.67. The van der Waals surface area contributed by atoms with Crippen molar-refractivity contribution in [1.82, 2.24) is 20.4 Å². The third kappa shape index (κ3) is 5.82. The van der Waals surface area contributed by atoms with Crippen LogP contribution in [0.5, 0.6) is 0 Å². The molecule has 23 heavy (non-hydrogen) atoms. The van der Waals surface area contributed by atoms with E-state index in [2.05, 4.69) is 27.4 Å². The summed E-state index contributed by atoms with van der Waals surface area (Å²) >= 11 is 0. The molecule has 2 rings (SSSR count). The van der Waals surface area contributed by atoms with Crippen molar-refractivity contribution < 1.29 is 14.1 Å². The number of nitrogens with one attached hydrogen (secondary N) is 1. The predicted molar refractivity (Wildman–Crippen MR) is 86.1 cm³/mol. The number of hydrogen-bond donors (Lipinski definition) is 1. The fourth-order valence-electron chi connectivity index (χ4n) is 2.64. The highest BCUT2D eigenvalue weighted by Crippen LogP contribution is 2.28. The fraction of sp³-hybridized carbons (Fsp3) is 0.812. The molecule has 1 atom stereocenters. The van der Waals surface area contributed by atoms with Crippen molar-refractivity contribution in [3.63, 3.8) is 0 Å². The van der Waals surface area contributed by atoms with Gasteiger partial charge in [-0.2, -0.15) is 4.98 Å². The molecular weight excluding hydrogens is 296 g/mol. The largest absolute Gasteiger partial charge is 0.444 e. The van der Waals surface area contributed by atoms with E-state index in [0.717, 1.165) is 19.4 Å². The van der Waals surface area contributed by atoms with E-state index in [4.69, 9.17) is 9.26 Å². The lowest BCUT2D eigenvalue weighted by Crippen LogP contribution is -2.33. The maximum Gasteiger partial charge on any atom is 0.407 e. The van der Waals surface area contributed by atoms with Crippen LogP contribution in [-0.2, 0) is 11.2 Å². The van der Waals surface area contributed by atoms with Crippen molar-refractivity contribution >= 4 is 6.09 Å². The van der Waals surface area contributed by atoms with Gasteiger partial charge in [-0.15, -0.1) is 0 Å². The molecular formula is C16H28N4O3.